The Morgan fingerprint density at radius 2 is 1.74 bits per heavy atom. The van der Waals surface area contributed by atoms with Crippen LogP contribution in [0.1, 0.15) is 11.7 Å². The Hall–Kier alpha value is -0.973. The summed E-state index contributed by atoms with van der Waals surface area (Å²) in [5, 5.41) is 9.06. The fraction of sp³-hybridized carbons (Fsp3) is 0.417. The number of nitriles is 1. The molecular formula is C12H14F3NOSSi. The molecule has 0 amide bonds. The molecule has 0 fully saturated rings. The molecule has 1 rings (SSSR count). The van der Waals surface area contributed by atoms with Crippen LogP contribution < -0.4 is 0 Å². The summed E-state index contributed by atoms with van der Waals surface area (Å²) >= 11 is -0.173. The van der Waals surface area contributed by atoms with Crippen LogP contribution in [0.4, 0.5) is 13.2 Å². The molecule has 0 N–H and O–H groups in total. The van der Waals surface area contributed by atoms with Gasteiger partial charge in [-0.05, 0) is 49.1 Å². The zero-order valence-electron chi connectivity index (χ0n) is 10.8. The summed E-state index contributed by atoms with van der Waals surface area (Å²) in [6.45, 7) is 5.85. The zero-order chi connectivity index (χ0) is 14.7. The number of rotatable bonds is 4. The van der Waals surface area contributed by atoms with E-state index in [4.69, 9.17) is 9.69 Å². The molecule has 0 saturated carbocycles. The highest BCUT2D eigenvalue weighted by Crippen LogP contribution is 2.37. The molecule has 1 aromatic rings. The van der Waals surface area contributed by atoms with Gasteiger partial charge in [-0.15, -0.1) is 0 Å². The maximum atomic E-state index is 12.2. The molecule has 2 nitrogen and oxygen atoms in total. The summed E-state index contributed by atoms with van der Waals surface area (Å²) in [5.41, 5.74) is -3.72. The topological polar surface area (TPSA) is 33.0 Å². The molecule has 7 heteroatoms. The van der Waals surface area contributed by atoms with Crippen LogP contribution in [-0.2, 0) is 4.43 Å². The van der Waals surface area contributed by atoms with Crippen molar-refractivity contribution in [1.82, 2.24) is 0 Å². The molecule has 1 unspecified atom stereocenters. The lowest BCUT2D eigenvalue weighted by molar-refractivity contribution is -0.0328. The first-order valence-electron chi connectivity index (χ1n) is 5.54. The van der Waals surface area contributed by atoms with Crippen molar-refractivity contribution in [3.8, 4) is 6.07 Å². The minimum Gasteiger partial charge on any atom is -0.399 e. The molecule has 0 aliphatic carbocycles. The van der Waals surface area contributed by atoms with Gasteiger partial charge in [-0.3, -0.25) is 0 Å². The molecule has 0 aromatic heterocycles. The Bertz CT molecular complexity index is 462. The first kappa shape index (κ1) is 16.1. The van der Waals surface area contributed by atoms with Crippen molar-refractivity contribution in [3.63, 3.8) is 0 Å². The van der Waals surface area contributed by atoms with Crippen molar-refractivity contribution in [2.24, 2.45) is 0 Å². The maximum Gasteiger partial charge on any atom is 0.446 e. The van der Waals surface area contributed by atoms with E-state index in [1.54, 1.807) is 0 Å². The molecule has 0 spiro atoms. The Balaban J connectivity index is 2.83. The van der Waals surface area contributed by atoms with Crippen LogP contribution in [0.15, 0.2) is 29.2 Å². The monoisotopic (exact) mass is 305 g/mol. The smallest absolute Gasteiger partial charge is 0.399 e. The third-order valence-corrected chi connectivity index (χ3v) is 3.69. The number of hydrogen-bond acceptors (Lipinski definition) is 3. The van der Waals surface area contributed by atoms with Crippen molar-refractivity contribution in [1.29, 1.82) is 5.26 Å². The van der Waals surface area contributed by atoms with Gasteiger partial charge in [0.15, 0.2) is 14.4 Å². The minimum absolute atomic E-state index is 0.0981. The van der Waals surface area contributed by atoms with E-state index >= 15 is 0 Å². The number of thioether (sulfide) groups is 1. The van der Waals surface area contributed by atoms with Crippen LogP contribution in [0.5, 0.6) is 0 Å². The summed E-state index contributed by atoms with van der Waals surface area (Å²) in [6, 6.07) is 7.74. The van der Waals surface area contributed by atoms with Gasteiger partial charge in [0.1, 0.15) is 0 Å². The van der Waals surface area contributed by atoms with E-state index in [0.717, 1.165) is 0 Å². The van der Waals surface area contributed by atoms with Crippen molar-refractivity contribution < 1.29 is 17.6 Å². The average molecular weight is 305 g/mol. The second kappa shape index (κ2) is 5.99. The number of halogens is 3. The van der Waals surface area contributed by atoms with E-state index in [-0.39, 0.29) is 16.7 Å². The quantitative estimate of drug-likeness (QED) is 0.596. The van der Waals surface area contributed by atoms with Gasteiger partial charge in [0.2, 0.25) is 0 Å². The highest BCUT2D eigenvalue weighted by Gasteiger charge is 2.29. The lowest BCUT2D eigenvalue weighted by atomic mass is 10.1. The van der Waals surface area contributed by atoms with E-state index in [2.05, 4.69) is 0 Å². The lowest BCUT2D eigenvalue weighted by Gasteiger charge is -2.21. The van der Waals surface area contributed by atoms with Gasteiger partial charge >= 0.3 is 5.51 Å². The summed E-state index contributed by atoms with van der Waals surface area (Å²) in [5.74, 6) is 0. The van der Waals surface area contributed by atoms with Gasteiger partial charge < -0.3 is 4.43 Å². The third kappa shape index (κ3) is 6.14. The van der Waals surface area contributed by atoms with E-state index in [1.807, 2.05) is 25.7 Å². The van der Waals surface area contributed by atoms with E-state index in [1.165, 1.54) is 24.3 Å². The van der Waals surface area contributed by atoms with Gasteiger partial charge in [0.25, 0.3) is 0 Å². The summed E-state index contributed by atoms with van der Waals surface area (Å²) in [6.07, 6.45) is -0.725. The Morgan fingerprint density at radius 1 is 1.21 bits per heavy atom. The van der Waals surface area contributed by atoms with Crippen LogP contribution >= 0.6 is 11.8 Å². The second-order valence-electron chi connectivity index (χ2n) is 4.86. The van der Waals surface area contributed by atoms with Gasteiger partial charge in [0.05, 0.1) is 6.07 Å². The van der Waals surface area contributed by atoms with Crippen molar-refractivity contribution in [3.05, 3.63) is 29.8 Å². The van der Waals surface area contributed by atoms with E-state index in [9.17, 15) is 13.2 Å². The number of alkyl halides is 3. The molecule has 0 aliphatic heterocycles. The predicted molar refractivity (Wildman–Crippen MR) is 71.1 cm³/mol. The largest absolute Gasteiger partial charge is 0.446 e. The Labute approximate surface area is 115 Å². The van der Waals surface area contributed by atoms with E-state index in [0.29, 0.717) is 5.56 Å². The fourth-order valence-electron chi connectivity index (χ4n) is 1.37. The molecule has 0 heterocycles. The molecule has 1 aromatic carbocycles. The fourth-order valence-corrected chi connectivity index (χ4v) is 2.80. The van der Waals surface area contributed by atoms with Gasteiger partial charge in [-0.25, -0.2) is 0 Å². The van der Waals surface area contributed by atoms with Crippen LogP contribution in [0.2, 0.25) is 19.6 Å². The SMILES string of the molecule is C[Si](C)(C)OC(C#N)c1ccc(SC(F)(F)F)cc1. The summed E-state index contributed by atoms with van der Waals surface area (Å²) < 4.78 is 42.2. The zero-order valence-corrected chi connectivity index (χ0v) is 12.6. The van der Waals surface area contributed by atoms with Crippen LogP contribution in [-0.4, -0.2) is 13.8 Å². The molecule has 0 saturated heterocycles. The molecular weight excluding hydrogens is 291 g/mol. The van der Waals surface area contributed by atoms with Crippen LogP contribution in [0.3, 0.4) is 0 Å². The highest BCUT2D eigenvalue weighted by molar-refractivity contribution is 8.00. The molecule has 1 atom stereocenters. The van der Waals surface area contributed by atoms with E-state index < -0.39 is 19.9 Å². The van der Waals surface area contributed by atoms with Crippen molar-refractivity contribution in [2.75, 3.05) is 0 Å². The van der Waals surface area contributed by atoms with Crippen molar-refractivity contribution >= 4 is 20.1 Å². The third-order valence-electron chi connectivity index (χ3n) is 2.01. The summed E-state index contributed by atoms with van der Waals surface area (Å²) in [7, 11) is -1.88. The van der Waals surface area contributed by atoms with Gasteiger partial charge in [0, 0.05) is 4.90 Å². The second-order valence-corrected chi connectivity index (χ2v) is 10.5. The van der Waals surface area contributed by atoms with Crippen molar-refractivity contribution in [2.45, 2.75) is 36.1 Å². The maximum absolute atomic E-state index is 12.2. The Morgan fingerprint density at radius 3 is 2.11 bits per heavy atom. The number of benzene rings is 1. The minimum atomic E-state index is -4.30. The van der Waals surface area contributed by atoms with Gasteiger partial charge in [-0.2, -0.15) is 18.4 Å². The molecule has 19 heavy (non-hydrogen) atoms. The lowest BCUT2D eigenvalue weighted by Crippen LogP contribution is -2.27. The first-order valence-corrected chi connectivity index (χ1v) is 9.76. The van der Waals surface area contributed by atoms with Gasteiger partial charge in [-0.1, -0.05) is 12.1 Å². The van der Waals surface area contributed by atoms with Crippen LogP contribution in [0.25, 0.3) is 0 Å². The number of hydrogen-bond donors (Lipinski definition) is 0. The average Bonchev–Trinajstić information content (AvgIpc) is 2.23. The predicted octanol–water partition coefficient (Wildman–Crippen LogP) is 4.71. The molecule has 0 radical (unpaired) electrons. The number of nitrogens with zero attached hydrogens (tertiary/aromatic N) is 1. The molecule has 0 aliphatic rings. The standard InChI is InChI=1S/C12H14F3NOSSi/c1-19(2,3)17-11(8-16)9-4-6-10(7-5-9)18-12(13,14)15/h4-7,11H,1-3H3. The molecule has 0 bridgehead atoms. The Kier molecular flexibility index (Phi) is 5.07. The summed E-state index contributed by atoms with van der Waals surface area (Å²) in [4.78, 5) is 0.0981. The highest BCUT2D eigenvalue weighted by atomic mass is 32.2. The molecule has 104 valence electrons. The first-order chi connectivity index (χ1) is 8.61. The van der Waals surface area contributed by atoms with Crippen LogP contribution in [0, 0.1) is 11.3 Å². The normalized spacial score (nSPS) is 13.9.